The summed E-state index contributed by atoms with van der Waals surface area (Å²) in [5, 5.41) is 9.39. The number of nitrogens with one attached hydrogen (secondary N) is 1. The Morgan fingerprint density at radius 3 is 2.43 bits per heavy atom. The molecule has 2 rings (SSSR count). The Morgan fingerprint density at radius 2 is 1.90 bits per heavy atom. The first-order chi connectivity index (χ1) is 10.1. The average molecular weight is 326 g/mol. The van der Waals surface area contributed by atoms with Crippen LogP contribution < -0.4 is 5.32 Å². The third-order valence-corrected chi connectivity index (χ3v) is 4.41. The minimum absolute atomic E-state index is 0.134. The molecule has 0 saturated heterocycles. The smallest absolute Gasteiger partial charge is 0.0625 e. The number of halogens is 2. The number of hydrogen-bond acceptors (Lipinski definition) is 2. The van der Waals surface area contributed by atoms with E-state index in [1.807, 2.05) is 29.9 Å². The molecule has 1 heterocycles. The Kier molecular flexibility index (Phi) is 5.68. The van der Waals surface area contributed by atoms with E-state index in [0.29, 0.717) is 10.0 Å². The van der Waals surface area contributed by atoms with Crippen molar-refractivity contribution in [2.24, 2.45) is 0 Å². The van der Waals surface area contributed by atoms with Crippen LogP contribution in [0, 0.1) is 0 Å². The van der Waals surface area contributed by atoms with Gasteiger partial charge in [0.2, 0.25) is 0 Å². The van der Waals surface area contributed by atoms with Gasteiger partial charge in [-0.1, -0.05) is 36.2 Å². The van der Waals surface area contributed by atoms with Crippen molar-refractivity contribution >= 4 is 23.2 Å². The molecular weight excluding hydrogens is 305 g/mol. The summed E-state index contributed by atoms with van der Waals surface area (Å²) in [7, 11) is 1.95. The van der Waals surface area contributed by atoms with Gasteiger partial charge in [0.05, 0.1) is 17.4 Å². The van der Waals surface area contributed by atoms with Gasteiger partial charge in [0.15, 0.2) is 0 Å². The van der Waals surface area contributed by atoms with Crippen molar-refractivity contribution in [2.75, 3.05) is 7.05 Å². The predicted molar refractivity (Wildman–Crippen MR) is 89.2 cm³/mol. The fourth-order valence-electron chi connectivity index (χ4n) is 2.48. The maximum atomic E-state index is 6.29. The van der Waals surface area contributed by atoms with Crippen LogP contribution in [0.4, 0.5) is 0 Å². The molecule has 1 N–H and O–H groups in total. The zero-order chi connectivity index (χ0) is 15.4. The molecular formula is C16H21Cl2N3. The van der Waals surface area contributed by atoms with Gasteiger partial charge < -0.3 is 5.32 Å². The molecule has 0 bridgehead atoms. The summed E-state index contributed by atoms with van der Waals surface area (Å²) in [5.41, 5.74) is 3.26. The summed E-state index contributed by atoms with van der Waals surface area (Å²) in [6.07, 6.45) is 1.67. The normalized spacial score (nSPS) is 12.6. The minimum atomic E-state index is 0.134. The topological polar surface area (TPSA) is 29.9 Å². The van der Waals surface area contributed by atoms with E-state index in [1.165, 1.54) is 5.69 Å². The van der Waals surface area contributed by atoms with Crippen LogP contribution in [0.1, 0.15) is 36.8 Å². The van der Waals surface area contributed by atoms with Gasteiger partial charge in [-0.05, 0) is 50.6 Å². The van der Waals surface area contributed by atoms with Crippen LogP contribution in [-0.2, 0) is 19.4 Å². The number of benzene rings is 1. The van der Waals surface area contributed by atoms with Crippen molar-refractivity contribution in [1.82, 2.24) is 15.1 Å². The molecule has 3 nitrogen and oxygen atoms in total. The van der Waals surface area contributed by atoms with Crippen LogP contribution in [0.3, 0.4) is 0 Å². The lowest BCUT2D eigenvalue weighted by Crippen LogP contribution is -2.22. The maximum Gasteiger partial charge on any atom is 0.0625 e. The predicted octanol–water partition coefficient (Wildman–Crippen LogP) is 4.28. The molecule has 1 unspecified atom stereocenters. The molecule has 0 aliphatic heterocycles. The Balaban J connectivity index is 2.34. The zero-order valence-corrected chi connectivity index (χ0v) is 14.2. The molecule has 1 atom stereocenters. The summed E-state index contributed by atoms with van der Waals surface area (Å²) in [6, 6.07) is 7.92. The first kappa shape index (κ1) is 16.3. The van der Waals surface area contributed by atoms with E-state index < -0.39 is 0 Å². The average Bonchev–Trinajstić information content (AvgIpc) is 2.90. The van der Waals surface area contributed by atoms with Crippen molar-refractivity contribution in [2.45, 2.75) is 39.3 Å². The molecule has 114 valence electrons. The quantitative estimate of drug-likeness (QED) is 0.859. The lowest BCUT2D eigenvalue weighted by atomic mass is 10.0. The van der Waals surface area contributed by atoms with Crippen molar-refractivity contribution in [3.05, 3.63) is 51.3 Å². The van der Waals surface area contributed by atoms with Gasteiger partial charge in [0, 0.05) is 16.6 Å². The Bertz CT molecular complexity index is 587. The lowest BCUT2D eigenvalue weighted by molar-refractivity contribution is 0.512. The molecule has 0 aliphatic rings. The van der Waals surface area contributed by atoms with Crippen LogP contribution in [-0.4, -0.2) is 16.8 Å². The lowest BCUT2D eigenvalue weighted by Gasteiger charge is -2.19. The number of rotatable bonds is 6. The summed E-state index contributed by atoms with van der Waals surface area (Å²) in [6.45, 7) is 5.07. The first-order valence-electron chi connectivity index (χ1n) is 7.27. The highest BCUT2D eigenvalue weighted by molar-refractivity contribution is 6.36. The third-order valence-electron chi connectivity index (χ3n) is 3.70. The first-order valence-corrected chi connectivity index (χ1v) is 8.03. The van der Waals surface area contributed by atoms with Gasteiger partial charge in [-0.15, -0.1) is 0 Å². The number of likely N-dealkylation sites (N-methyl/N-ethyl adjacent to an activating group) is 1. The monoisotopic (exact) mass is 325 g/mol. The van der Waals surface area contributed by atoms with E-state index >= 15 is 0 Å². The molecule has 1 aromatic heterocycles. The van der Waals surface area contributed by atoms with E-state index in [4.69, 9.17) is 23.2 Å². The Hall–Kier alpha value is -1.03. The second-order valence-corrected chi connectivity index (χ2v) is 5.79. The van der Waals surface area contributed by atoms with Crippen molar-refractivity contribution in [3.8, 4) is 0 Å². The van der Waals surface area contributed by atoms with Crippen LogP contribution in [0.25, 0.3) is 0 Å². The molecule has 5 heteroatoms. The molecule has 0 saturated carbocycles. The standard InChI is InChI=1S/C16H21Cl2N3/c1-4-11-9-16(21(5-2)20-11)15(19-3)10-12-13(17)7-6-8-14(12)18/h6-9,15,19H,4-5,10H2,1-3H3. The minimum Gasteiger partial charge on any atom is -0.311 e. The number of aromatic nitrogens is 2. The largest absolute Gasteiger partial charge is 0.311 e. The maximum absolute atomic E-state index is 6.29. The second kappa shape index (κ2) is 7.30. The summed E-state index contributed by atoms with van der Waals surface area (Å²) >= 11 is 12.6. The molecule has 0 radical (unpaired) electrons. The molecule has 1 aromatic carbocycles. The van der Waals surface area contributed by atoms with Crippen molar-refractivity contribution in [3.63, 3.8) is 0 Å². The van der Waals surface area contributed by atoms with Crippen LogP contribution in [0.15, 0.2) is 24.3 Å². The van der Waals surface area contributed by atoms with Crippen molar-refractivity contribution in [1.29, 1.82) is 0 Å². The third kappa shape index (κ3) is 3.60. The second-order valence-electron chi connectivity index (χ2n) is 4.98. The van der Waals surface area contributed by atoms with Crippen LogP contribution >= 0.6 is 23.2 Å². The molecule has 21 heavy (non-hydrogen) atoms. The number of hydrogen-bond donors (Lipinski definition) is 1. The Morgan fingerprint density at radius 1 is 1.24 bits per heavy atom. The summed E-state index contributed by atoms with van der Waals surface area (Å²) in [4.78, 5) is 0. The van der Waals surface area contributed by atoms with Gasteiger partial charge in [0.1, 0.15) is 0 Å². The molecule has 0 amide bonds. The Labute approximate surface area is 136 Å². The fraction of sp³-hybridized carbons (Fsp3) is 0.438. The molecule has 0 fully saturated rings. The van der Waals surface area contributed by atoms with E-state index in [0.717, 1.165) is 30.6 Å². The van der Waals surface area contributed by atoms with Gasteiger partial charge >= 0.3 is 0 Å². The highest BCUT2D eigenvalue weighted by atomic mass is 35.5. The summed E-state index contributed by atoms with van der Waals surface area (Å²) in [5.74, 6) is 0. The SMILES string of the molecule is CCc1cc(C(Cc2c(Cl)cccc2Cl)NC)n(CC)n1. The van der Waals surface area contributed by atoms with Gasteiger partial charge in [-0.25, -0.2) is 0 Å². The van der Waals surface area contributed by atoms with Gasteiger partial charge in [0.25, 0.3) is 0 Å². The van der Waals surface area contributed by atoms with Crippen LogP contribution in [0.2, 0.25) is 10.0 Å². The number of nitrogens with zero attached hydrogens (tertiary/aromatic N) is 2. The van der Waals surface area contributed by atoms with Gasteiger partial charge in [-0.3, -0.25) is 4.68 Å². The van der Waals surface area contributed by atoms with Gasteiger partial charge in [-0.2, -0.15) is 5.10 Å². The molecule has 0 spiro atoms. The number of aryl methyl sites for hydroxylation is 2. The molecule has 0 aliphatic carbocycles. The van der Waals surface area contributed by atoms with E-state index in [-0.39, 0.29) is 6.04 Å². The highest BCUT2D eigenvalue weighted by Gasteiger charge is 2.19. The van der Waals surface area contributed by atoms with Crippen LogP contribution in [0.5, 0.6) is 0 Å². The molecule has 2 aromatic rings. The zero-order valence-electron chi connectivity index (χ0n) is 12.7. The fourth-order valence-corrected chi connectivity index (χ4v) is 3.03. The summed E-state index contributed by atoms with van der Waals surface area (Å²) < 4.78 is 2.05. The van der Waals surface area contributed by atoms with E-state index in [9.17, 15) is 0 Å². The van der Waals surface area contributed by atoms with Crippen molar-refractivity contribution < 1.29 is 0 Å². The van der Waals surface area contributed by atoms with E-state index in [1.54, 1.807) is 0 Å². The highest BCUT2D eigenvalue weighted by Crippen LogP contribution is 2.29. The van der Waals surface area contributed by atoms with E-state index in [2.05, 4.69) is 30.3 Å².